The Balaban J connectivity index is 1.69. The number of fused-ring (bicyclic) bond motifs is 1. The highest BCUT2D eigenvalue weighted by Crippen LogP contribution is 2.33. The first-order valence-corrected chi connectivity index (χ1v) is 7.86. The molecule has 0 bridgehead atoms. The second-order valence-corrected chi connectivity index (χ2v) is 5.89. The van der Waals surface area contributed by atoms with E-state index in [1.54, 1.807) is 10.9 Å². The number of amides is 1. The van der Waals surface area contributed by atoms with Crippen molar-refractivity contribution in [1.82, 2.24) is 24.6 Å². The van der Waals surface area contributed by atoms with Crippen LogP contribution in [0.5, 0.6) is 0 Å². The van der Waals surface area contributed by atoms with Gasteiger partial charge in [0.25, 0.3) is 0 Å². The number of aromatic nitrogens is 4. The van der Waals surface area contributed by atoms with E-state index in [-0.39, 0.29) is 17.5 Å². The summed E-state index contributed by atoms with van der Waals surface area (Å²) < 4.78 is 7.61. The summed E-state index contributed by atoms with van der Waals surface area (Å²) in [6, 6.07) is 0. The predicted octanol–water partition coefficient (Wildman–Crippen LogP) is 0.928. The molecule has 1 aliphatic rings. The molecule has 1 fully saturated rings. The van der Waals surface area contributed by atoms with E-state index in [0.717, 1.165) is 5.06 Å². The molecule has 3 atom stereocenters. The van der Waals surface area contributed by atoms with Crippen LogP contribution in [-0.4, -0.2) is 62.0 Å². The van der Waals surface area contributed by atoms with E-state index in [2.05, 4.69) is 15.0 Å². The minimum absolute atomic E-state index is 0.177. The summed E-state index contributed by atoms with van der Waals surface area (Å²) in [5, 5.41) is 11.6. The number of aliphatic hydroxyl groups is 1. The second kappa shape index (κ2) is 6.98. The van der Waals surface area contributed by atoms with E-state index in [9.17, 15) is 9.90 Å². The minimum atomic E-state index is -0.676. The highest BCUT2D eigenvalue weighted by molar-refractivity contribution is 6.33. The normalized spacial score (nSPS) is 23.8. The SMILES string of the molecule is CON(C)C(=O)CC[C@H]1O[C@@H](n2cnc3c(Cl)ncnc32)C[C@@H]1O. The first-order chi connectivity index (χ1) is 11.5. The lowest BCUT2D eigenvalue weighted by Crippen LogP contribution is -2.28. The van der Waals surface area contributed by atoms with Gasteiger partial charge in [0.2, 0.25) is 5.91 Å². The summed E-state index contributed by atoms with van der Waals surface area (Å²) in [5.41, 5.74) is 1.03. The van der Waals surface area contributed by atoms with Gasteiger partial charge in [-0.3, -0.25) is 14.2 Å². The van der Waals surface area contributed by atoms with Crippen LogP contribution in [0.15, 0.2) is 12.7 Å². The van der Waals surface area contributed by atoms with E-state index in [1.165, 1.54) is 20.5 Å². The number of carbonyl (C=O) groups is 1. The summed E-state index contributed by atoms with van der Waals surface area (Å²) in [6.45, 7) is 0. The van der Waals surface area contributed by atoms with Crippen LogP contribution in [-0.2, 0) is 14.4 Å². The van der Waals surface area contributed by atoms with Gasteiger partial charge in [0.15, 0.2) is 10.8 Å². The largest absolute Gasteiger partial charge is 0.390 e. The van der Waals surface area contributed by atoms with Crippen molar-refractivity contribution >= 4 is 28.7 Å². The number of halogens is 1. The summed E-state index contributed by atoms with van der Waals surface area (Å²) in [6.07, 6.45) is 2.37. The average molecular weight is 356 g/mol. The fourth-order valence-corrected chi connectivity index (χ4v) is 2.88. The molecule has 0 unspecified atom stereocenters. The van der Waals surface area contributed by atoms with Gasteiger partial charge < -0.3 is 9.84 Å². The lowest BCUT2D eigenvalue weighted by Gasteiger charge is -2.17. The number of imidazole rings is 1. The van der Waals surface area contributed by atoms with Crippen molar-refractivity contribution in [2.24, 2.45) is 0 Å². The first kappa shape index (κ1) is 17.0. The molecule has 0 spiro atoms. The number of carbonyl (C=O) groups excluding carboxylic acids is 1. The van der Waals surface area contributed by atoms with Gasteiger partial charge in [-0.25, -0.2) is 20.0 Å². The third kappa shape index (κ3) is 3.20. The molecule has 1 N–H and O–H groups in total. The van der Waals surface area contributed by atoms with E-state index in [1.807, 2.05) is 0 Å². The standard InChI is InChI=1S/C14H18ClN5O4/c1-19(23-2)10(22)4-3-9-8(21)5-11(24-9)20-7-18-12-13(15)16-6-17-14(12)20/h6-9,11,21H,3-5H2,1-2H3/t8-,9+,11+/m0/s1. The second-order valence-electron chi connectivity index (χ2n) is 5.53. The molecule has 1 aliphatic heterocycles. The molecular formula is C14H18ClN5O4. The Morgan fingerprint density at radius 3 is 3.08 bits per heavy atom. The molecule has 1 amide bonds. The van der Waals surface area contributed by atoms with Gasteiger partial charge >= 0.3 is 0 Å². The molecule has 0 radical (unpaired) electrons. The molecule has 130 valence electrons. The van der Waals surface area contributed by atoms with Crippen molar-refractivity contribution in [3.05, 3.63) is 17.8 Å². The molecule has 3 rings (SSSR count). The quantitative estimate of drug-likeness (QED) is 0.628. The summed E-state index contributed by atoms with van der Waals surface area (Å²) >= 11 is 5.99. The van der Waals surface area contributed by atoms with E-state index in [0.29, 0.717) is 24.0 Å². The van der Waals surface area contributed by atoms with Crippen molar-refractivity contribution in [3.63, 3.8) is 0 Å². The molecule has 9 nitrogen and oxygen atoms in total. The van der Waals surface area contributed by atoms with E-state index < -0.39 is 18.4 Å². The predicted molar refractivity (Wildman–Crippen MR) is 83.9 cm³/mol. The Kier molecular flexibility index (Phi) is 4.95. The number of ether oxygens (including phenoxy) is 1. The maximum Gasteiger partial charge on any atom is 0.245 e. The number of aliphatic hydroxyl groups excluding tert-OH is 1. The third-order valence-electron chi connectivity index (χ3n) is 4.10. The van der Waals surface area contributed by atoms with Crippen molar-refractivity contribution in [3.8, 4) is 0 Å². The number of hydrogen-bond donors (Lipinski definition) is 1. The molecule has 0 saturated carbocycles. The Morgan fingerprint density at radius 1 is 1.54 bits per heavy atom. The highest BCUT2D eigenvalue weighted by Gasteiger charge is 2.36. The summed E-state index contributed by atoms with van der Waals surface area (Å²) in [7, 11) is 2.96. The molecular weight excluding hydrogens is 338 g/mol. The van der Waals surface area contributed by atoms with Crippen LogP contribution >= 0.6 is 11.6 Å². The Morgan fingerprint density at radius 2 is 2.33 bits per heavy atom. The first-order valence-electron chi connectivity index (χ1n) is 7.48. The van der Waals surface area contributed by atoms with Crippen LogP contribution in [0.3, 0.4) is 0 Å². The molecule has 2 aromatic heterocycles. The molecule has 2 aromatic rings. The Hall–Kier alpha value is -1.81. The van der Waals surface area contributed by atoms with Gasteiger partial charge in [0, 0.05) is 19.9 Å². The Labute approximate surface area is 143 Å². The molecule has 0 aliphatic carbocycles. The topological polar surface area (TPSA) is 103 Å². The van der Waals surface area contributed by atoms with Crippen LogP contribution in [0.1, 0.15) is 25.5 Å². The van der Waals surface area contributed by atoms with Crippen LogP contribution in [0.2, 0.25) is 5.15 Å². The van der Waals surface area contributed by atoms with Gasteiger partial charge in [0.05, 0.1) is 25.6 Å². The van der Waals surface area contributed by atoms with Gasteiger partial charge in [-0.2, -0.15) is 0 Å². The number of rotatable bonds is 5. The minimum Gasteiger partial charge on any atom is -0.390 e. The number of hydroxylamine groups is 2. The fraction of sp³-hybridized carbons (Fsp3) is 0.571. The molecule has 1 saturated heterocycles. The molecule has 3 heterocycles. The maximum absolute atomic E-state index is 11.8. The molecule has 10 heteroatoms. The zero-order chi connectivity index (χ0) is 17.3. The fourth-order valence-electron chi connectivity index (χ4n) is 2.71. The highest BCUT2D eigenvalue weighted by atomic mass is 35.5. The zero-order valence-corrected chi connectivity index (χ0v) is 14.0. The van der Waals surface area contributed by atoms with Crippen LogP contribution < -0.4 is 0 Å². The number of nitrogens with zero attached hydrogens (tertiary/aromatic N) is 5. The third-order valence-corrected chi connectivity index (χ3v) is 4.37. The van der Waals surface area contributed by atoms with Gasteiger partial charge in [-0.15, -0.1) is 0 Å². The van der Waals surface area contributed by atoms with E-state index >= 15 is 0 Å². The average Bonchev–Trinajstić information content (AvgIpc) is 3.16. The summed E-state index contributed by atoms with van der Waals surface area (Å²) in [5.74, 6) is -0.177. The van der Waals surface area contributed by atoms with Crippen molar-refractivity contribution in [2.75, 3.05) is 14.2 Å². The van der Waals surface area contributed by atoms with Gasteiger partial charge in [-0.05, 0) is 6.42 Å². The maximum atomic E-state index is 11.8. The number of hydrogen-bond acceptors (Lipinski definition) is 7. The monoisotopic (exact) mass is 355 g/mol. The van der Waals surface area contributed by atoms with Crippen LogP contribution in [0.4, 0.5) is 0 Å². The van der Waals surface area contributed by atoms with Crippen molar-refractivity contribution in [1.29, 1.82) is 0 Å². The van der Waals surface area contributed by atoms with Gasteiger partial charge in [-0.1, -0.05) is 11.6 Å². The lowest BCUT2D eigenvalue weighted by atomic mass is 10.1. The summed E-state index contributed by atoms with van der Waals surface area (Å²) in [4.78, 5) is 28.9. The van der Waals surface area contributed by atoms with Crippen LogP contribution in [0.25, 0.3) is 11.2 Å². The zero-order valence-electron chi connectivity index (χ0n) is 13.3. The van der Waals surface area contributed by atoms with Crippen molar-refractivity contribution < 1.29 is 19.5 Å². The van der Waals surface area contributed by atoms with Crippen LogP contribution in [0, 0.1) is 0 Å². The molecule has 0 aromatic carbocycles. The van der Waals surface area contributed by atoms with Gasteiger partial charge in [0.1, 0.15) is 18.1 Å². The lowest BCUT2D eigenvalue weighted by molar-refractivity contribution is -0.169. The van der Waals surface area contributed by atoms with E-state index in [4.69, 9.17) is 21.2 Å². The van der Waals surface area contributed by atoms with Crippen molar-refractivity contribution in [2.45, 2.75) is 37.7 Å². The Bertz CT molecular complexity index is 739. The molecule has 24 heavy (non-hydrogen) atoms. The smallest absolute Gasteiger partial charge is 0.245 e.